The number of carbonyl (C=O) groups is 1. The maximum atomic E-state index is 13.3. The largest absolute Gasteiger partial charge is 0.293 e. The number of hydrogen-bond acceptors (Lipinski definition) is 1. The van der Waals surface area contributed by atoms with Crippen molar-refractivity contribution in [3.8, 4) is 0 Å². The topological polar surface area (TPSA) is 17.1 Å². The number of alkyl halides is 1. The normalized spacial score (nSPS) is 16.9. The van der Waals surface area contributed by atoms with Gasteiger partial charge in [-0.3, -0.25) is 4.79 Å². The molecule has 7 aromatic carbocycles. The van der Waals surface area contributed by atoms with Crippen molar-refractivity contribution in [1.29, 1.82) is 0 Å². The van der Waals surface area contributed by atoms with E-state index in [1.165, 1.54) is 53.9 Å². The Morgan fingerprint density at radius 2 is 1.21 bits per heavy atom. The zero-order valence-corrected chi connectivity index (χ0v) is 22.9. The second-order valence-electron chi connectivity index (χ2n) is 9.16. The van der Waals surface area contributed by atoms with Gasteiger partial charge < -0.3 is 0 Å². The zero-order valence-electron chi connectivity index (χ0n) is 17.5. The van der Waals surface area contributed by atoms with Gasteiger partial charge in [-0.25, -0.2) is 0 Å². The average Bonchev–Trinajstić information content (AvgIpc) is 2.87. The van der Waals surface area contributed by atoms with Crippen molar-refractivity contribution >= 4 is 129 Å². The van der Waals surface area contributed by atoms with Gasteiger partial charge in [-0.05, 0) is 105 Å². The highest BCUT2D eigenvalue weighted by molar-refractivity contribution is 14.1. The van der Waals surface area contributed by atoms with Crippen molar-refractivity contribution in [2.75, 3.05) is 0 Å². The first-order valence-corrected chi connectivity index (χ1v) is 13.9. The standard InChI is InChI=1S/C30H13Br2IO/c31-27-26-20-11-17-7-5-14-9-13-3-1-2-4-18(13)19-10-16-8-6-15(23(20)25(16)24(17)22(14)19)12-21(26)30(34)29(33)28(27)32/h1-12,29H. The molecule has 1 unspecified atom stereocenters. The van der Waals surface area contributed by atoms with Crippen LogP contribution in [-0.2, 0) is 0 Å². The van der Waals surface area contributed by atoms with Crippen molar-refractivity contribution in [3.05, 3.63) is 88.4 Å². The summed E-state index contributed by atoms with van der Waals surface area (Å²) in [6.45, 7) is 0. The van der Waals surface area contributed by atoms with Crippen LogP contribution in [0.1, 0.15) is 15.9 Å². The number of rotatable bonds is 0. The molecule has 0 heterocycles. The third-order valence-electron chi connectivity index (χ3n) is 7.48. The van der Waals surface area contributed by atoms with Gasteiger partial charge in [-0.1, -0.05) is 87.1 Å². The predicted molar refractivity (Wildman–Crippen MR) is 161 cm³/mol. The Kier molecular flexibility index (Phi) is 3.92. The summed E-state index contributed by atoms with van der Waals surface area (Å²) in [6.07, 6.45) is 0. The van der Waals surface area contributed by atoms with Gasteiger partial charge in [0.25, 0.3) is 0 Å². The number of carbonyl (C=O) groups excluding carboxylic acids is 1. The number of ketones is 1. The molecule has 0 amide bonds. The van der Waals surface area contributed by atoms with Crippen molar-refractivity contribution < 1.29 is 4.79 Å². The third kappa shape index (κ3) is 2.32. The van der Waals surface area contributed by atoms with Crippen molar-refractivity contribution in [3.63, 3.8) is 0 Å². The van der Waals surface area contributed by atoms with E-state index in [-0.39, 0.29) is 9.71 Å². The SMILES string of the molecule is O=C1c2cc3ccc4cc5c6ccccc6cc6ccc7cc(c2C(Br)=C(Br)C1I)c3c4c7c65. The van der Waals surface area contributed by atoms with E-state index >= 15 is 0 Å². The summed E-state index contributed by atoms with van der Waals surface area (Å²) < 4.78 is 1.66. The molecule has 34 heavy (non-hydrogen) atoms. The minimum absolute atomic E-state index is 0.152. The maximum absolute atomic E-state index is 13.3. The van der Waals surface area contributed by atoms with E-state index in [1.54, 1.807) is 0 Å². The molecule has 0 bridgehead atoms. The lowest BCUT2D eigenvalue weighted by molar-refractivity contribution is 0.100. The zero-order chi connectivity index (χ0) is 22.9. The molecular weight excluding hydrogens is 663 g/mol. The average molecular weight is 676 g/mol. The fourth-order valence-corrected chi connectivity index (χ4v) is 8.19. The summed E-state index contributed by atoms with van der Waals surface area (Å²) in [4.78, 5) is 13.3. The molecule has 0 N–H and O–H groups in total. The molecule has 4 heteroatoms. The quantitative estimate of drug-likeness (QED) is 0.0677. The second kappa shape index (κ2) is 6.68. The number of halogens is 3. The molecule has 0 radical (unpaired) electrons. The Morgan fingerprint density at radius 1 is 0.618 bits per heavy atom. The highest BCUT2D eigenvalue weighted by Crippen LogP contribution is 2.50. The third-order valence-corrected chi connectivity index (χ3v) is 11.7. The van der Waals surface area contributed by atoms with Gasteiger partial charge in [0.05, 0.1) is 0 Å². The second-order valence-corrected chi connectivity index (χ2v) is 12.1. The summed E-state index contributed by atoms with van der Waals surface area (Å²) in [5.41, 5.74) is 1.80. The first-order chi connectivity index (χ1) is 16.5. The predicted octanol–water partition coefficient (Wildman–Crippen LogP) is 9.94. The van der Waals surface area contributed by atoms with E-state index in [0.717, 1.165) is 30.9 Å². The van der Waals surface area contributed by atoms with Crippen molar-refractivity contribution in [1.82, 2.24) is 0 Å². The molecule has 0 aromatic heterocycles. The van der Waals surface area contributed by atoms with E-state index in [4.69, 9.17) is 0 Å². The van der Waals surface area contributed by atoms with E-state index < -0.39 is 0 Å². The van der Waals surface area contributed by atoms with Crippen LogP contribution < -0.4 is 0 Å². The van der Waals surface area contributed by atoms with Crippen LogP contribution in [0, 0.1) is 0 Å². The van der Waals surface area contributed by atoms with Gasteiger partial charge in [0.2, 0.25) is 0 Å². The number of fused-ring (bicyclic) bond motifs is 4. The molecule has 1 aliphatic rings. The van der Waals surface area contributed by atoms with E-state index in [9.17, 15) is 4.79 Å². The van der Waals surface area contributed by atoms with Gasteiger partial charge in [0.1, 0.15) is 3.92 Å². The van der Waals surface area contributed by atoms with E-state index in [1.807, 2.05) is 0 Å². The molecule has 0 aliphatic heterocycles. The van der Waals surface area contributed by atoms with Gasteiger partial charge in [0, 0.05) is 20.1 Å². The van der Waals surface area contributed by atoms with Crippen LogP contribution >= 0.6 is 54.5 Å². The van der Waals surface area contributed by atoms with Crippen molar-refractivity contribution in [2.24, 2.45) is 0 Å². The van der Waals surface area contributed by atoms with Crippen LogP contribution in [-0.4, -0.2) is 9.71 Å². The molecule has 0 saturated heterocycles. The Morgan fingerprint density at radius 3 is 1.94 bits per heavy atom. The Balaban J connectivity index is 1.69. The minimum Gasteiger partial charge on any atom is -0.293 e. The van der Waals surface area contributed by atoms with Crippen LogP contribution in [0.15, 0.2) is 77.3 Å². The van der Waals surface area contributed by atoms with Gasteiger partial charge in [-0.15, -0.1) is 0 Å². The van der Waals surface area contributed by atoms with Gasteiger partial charge in [-0.2, -0.15) is 0 Å². The summed E-state index contributed by atoms with van der Waals surface area (Å²) in [5.74, 6) is 0.152. The van der Waals surface area contributed by atoms with Crippen LogP contribution in [0.5, 0.6) is 0 Å². The van der Waals surface area contributed by atoms with E-state index in [0.29, 0.717) is 0 Å². The first kappa shape index (κ1) is 20.0. The molecule has 1 aliphatic carbocycles. The lowest BCUT2D eigenvalue weighted by Crippen LogP contribution is -2.21. The van der Waals surface area contributed by atoms with Gasteiger partial charge in [0.15, 0.2) is 5.78 Å². The number of hydrogen-bond donors (Lipinski definition) is 0. The molecule has 7 aromatic rings. The number of Topliss-reactive ketones (excluding diaryl/α,β-unsaturated/α-hetero) is 1. The van der Waals surface area contributed by atoms with Crippen LogP contribution in [0.2, 0.25) is 0 Å². The molecule has 1 nitrogen and oxygen atoms in total. The Hall–Kier alpha value is -2.28. The molecular formula is C30H13Br2IO. The molecule has 160 valence electrons. The van der Waals surface area contributed by atoms with Crippen LogP contribution in [0.3, 0.4) is 0 Å². The van der Waals surface area contributed by atoms with Crippen LogP contribution in [0.25, 0.3) is 69.1 Å². The summed E-state index contributed by atoms with van der Waals surface area (Å²) >= 11 is 9.74. The first-order valence-electron chi connectivity index (χ1n) is 11.1. The molecule has 0 saturated carbocycles. The lowest BCUT2D eigenvalue weighted by atomic mass is 9.82. The Labute approximate surface area is 224 Å². The highest BCUT2D eigenvalue weighted by atomic mass is 127. The monoisotopic (exact) mass is 674 g/mol. The van der Waals surface area contributed by atoms with Gasteiger partial charge >= 0.3 is 0 Å². The van der Waals surface area contributed by atoms with E-state index in [2.05, 4.69) is 127 Å². The molecule has 0 spiro atoms. The summed E-state index contributed by atoms with van der Waals surface area (Å²) in [6, 6.07) is 26.6. The minimum atomic E-state index is -0.217. The van der Waals surface area contributed by atoms with Crippen molar-refractivity contribution in [2.45, 2.75) is 3.92 Å². The maximum Gasteiger partial charge on any atom is 0.181 e. The Bertz CT molecular complexity index is 2070. The fourth-order valence-electron chi connectivity index (χ4n) is 6.06. The molecule has 0 fully saturated rings. The summed E-state index contributed by atoms with van der Waals surface area (Å²) in [7, 11) is 0. The highest BCUT2D eigenvalue weighted by Gasteiger charge is 2.33. The smallest absolute Gasteiger partial charge is 0.181 e. The number of allylic oxidation sites excluding steroid dienone is 1. The molecule has 8 rings (SSSR count). The number of benzene rings is 7. The lowest BCUT2D eigenvalue weighted by Gasteiger charge is -2.25. The fraction of sp³-hybridized carbons (Fsp3) is 0.0333. The molecule has 1 atom stereocenters. The summed E-state index contributed by atoms with van der Waals surface area (Å²) in [5, 5.41) is 15.0. The van der Waals surface area contributed by atoms with Crippen LogP contribution in [0.4, 0.5) is 0 Å².